The van der Waals surface area contributed by atoms with Crippen molar-refractivity contribution in [1.82, 2.24) is 15.2 Å². The fourth-order valence-electron chi connectivity index (χ4n) is 2.92. The lowest BCUT2D eigenvalue weighted by Crippen LogP contribution is -2.36. The van der Waals surface area contributed by atoms with Crippen LogP contribution in [0.2, 0.25) is 0 Å². The molecule has 0 spiro atoms. The van der Waals surface area contributed by atoms with E-state index in [0.29, 0.717) is 19.0 Å². The van der Waals surface area contributed by atoms with Gasteiger partial charge in [0.05, 0.1) is 11.6 Å². The van der Waals surface area contributed by atoms with Crippen molar-refractivity contribution in [3.63, 3.8) is 0 Å². The molecule has 0 aliphatic carbocycles. The van der Waals surface area contributed by atoms with Crippen LogP contribution in [0.4, 0.5) is 0 Å². The lowest BCUT2D eigenvalue weighted by atomic mass is 9.99. The van der Waals surface area contributed by atoms with Gasteiger partial charge < -0.3 is 5.32 Å². The summed E-state index contributed by atoms with van der Waals surface area (Å²) >= 11 is 1.63. The second-order valence-corrected chi connectivity index (χ2v) is 6.64. The van der Waals surface area contributed by atoms with Crippen molar-refractivity contribution in [3.8, 4) is 0 Å². The van der Waals surface area contributed by atoms with E-state index in [1.54, 1.807) is 17.5 Å². The summed E-state index contributed by atoms with van der Waals surface area (Å²) in [6.07, 6.45) is 3.75. The number of carbonyl (C=O) groups excluding carboxylic acids is 1. The van der Waals surface area contributed by atoms with E-state index in [9.17, 15) is 4.79 Å². The predicted molar refractivity (Wildman–Crippen MR) is 89.1 cm³/mol. The number of hydrogen-bond acceptors (Lipinski definition) is 4. The Morgan fingerprint density at radius 3 is 3.00 bits per heavy atom. The number of rotatable bonds is 6. The van der Waals surface area contributed by atoms with Crippen LogP contribution in [0.5, 0.6) is 0 Å². The largest absolute Gasteiger partial charge is 0.355 e. The van der Waals surface area contributed by atoms with E-state index in [0.717, 1.165) is 30.9 Å². The number of carbonyl (C=O) groups is 1. The molecule has 1 saturated heterocycles. The van der Waals surface area contributed by atoms with E-state index in [4.69, 9.17) is 0 Å². The number of hydrogen-bond donors (Lipinski definition) is 1. The number of thiazole rings is 1. The highest BCUT2D eigenvalue weighted by Crippen LogP contribution is 2.26. The second kappa shape index (κ2) is 7.51. The molecule has 5 heteroatoms. The topological polar surface area (TPSA) is 45.2 Å². The van der Waals surface area contributed by atoms with Crippen LogP contribution >= 0.6 is 11.3 Å². The third-order valence-electron chi connectivity index (χ3n) is 4.06. The maximum absolute atomic E-state index is 12.0. The van der Waals surface area contributed by atoms with Crippen molar-refractivity contribution >= 4 is 17.2 Å². The molecule has 1 amide bonds. The Balaban J connectivity index is 1.39. The van der Waals surface area contributed by atoms with Crippen LogP contribution in [0.1, 0.15) is 22.9 Å². The summed E-state index contributed by atoms with van der Waals surface area (Å²) in [6.45, 7) is 3.15. The third kappa shape index (κ3) is 4.15. The van der Waals surface area contributed by atoms with E-state index in [2.05, 4.69) is 39.5 Å². The number of aromatic nitrogens is 1. The average molecular weight is 315 g/mol. The minimum atomic E-state index is 0.116. The van der Waals surface area contributed by atoms with Crippen molar-refractivity contribution in [2.45, 2.75) is 18.8 Å². The van der Waals surface area contributed by atoms with Crippen molar-refractivity contribution in [1.29, 1.82) is 0 Å². The molecule has 0 radical (unpaired) electrons. The molecule has 1 aliphatic rings. The van der Waals surface area contributed by atoms with Crippen LogP contribution < -0.4 is 5.32 Å². The molecule has 0 saturated carbocycles. The first kappa shape index (κ1) is 15.2. The number of benzene rings is 1. The number of nitrogens with one attached hydrogen (secondary N) is 1. The van der Waals surface area contributed by atoms with Gasteiger partial charge in [0.15, 0.2) is 0 Å². The van der Waals surface area contributed by atoms with Crippen LogP contribution in [0.3, 0.4) is 0 Å². The van der Waals surface area contributed by atoms with Gasteiger partial charge in [0.25, 0.3) is 0 Å². The Morgan fingerprint density at radius 1 is 1.36 bits per heavy atom. The first-order valence-electron chi connectivity index (χ1n) is 7.73. The Kier molecular flexibility index (Phi) is 5.19. The van der Waals surface area contributed by atoms with Crippen LogP contribution in [0, 0.1) is 0 Å². The Hall–Kier alpha value is -1.72. The Morgan fingerprint density at radius 2 is 2.23 bits per heavy atom. The van der Waals surface area contributed by atoms with Gasteiger partial charge in [-0.15, -0.1) is 11.3 Å². The number of amides is 1. The minimum Gasteiger partial charge on any atom is -0.355 e. The van der Waals surface area contributed by atoms with Crippen molar-refractivity contribution < 1.29 is 4.79 Å². The van der Waals surface area contributed by atoms with Crippen LogP contribution in [0.15, 0.2) is 41.9 Å². The van der Waals surface area contributed by atoms with Crippen molar-refractivity contribution in [3.05, 3.63) is 52.5 Å². The Bertz CT molecular complexity index is 585. The first-order valence-corrected chi connectivity index (χ1v) is 8.61. The molecule has 1 aromatic heterocycles. The molecule has 1 atom stereocenters. The molecule has 3 rings (SSSR count). The van der Waals surface area contributed by atoms with Gasteiger partial charge in [0.2, 0.25) is 5.91 Å². The molecule has 0 bridgehead atoms. The normalized spacial score (nSPS) is 18.5. The quantitative estimate of drug-likeness (QED) is 0.889. The summed E-state index contributed by atoms with van der Waals surface area (Å²) in [6, 6.07) is 10.6. The minimum absolute atomic E-state index is 0.116. The zero-order valence-electron chi connectivity index (χ0n) is 12.6. The van der Waals surface area contributed by atoms with E-state index in [1.807, 2.05) is 11.4 Å². The lowest BCUT2D eigenvalue weighted by molar-refractivity contribution is -0.121. The SMILES string of the molecule is O=C(CN1CCC(c2ccccc2)C1)NCCc1nccs1. The first-order chi connectivity index (χ1) is 10.8. The van der Waals surface area contributed by atoms with Crippen LogP contribution in [-0.2, 0) is 11.2 Å². The molecule has 1 unspecified atom stereocenters. The van der Waals surface area contributed by atoms with Gasteiger partial charge in [-0.25, -0.2) is 4.98 Å². The van der Waals surface area contributed by atoms with E-state index in [-0.39, 0.29) is 5.91 Å². The zero-order valence-corrected chi connectivity index (χ0v) is 13.4. The molecule has 2 aromatic rings. The molecular formula is C17H21N3OS. The van der Waals surface area contributed by atoms with Gasteiger partial charge in [-0.3, -0.25) is 9.69 Å². The molecule has 2 heterocycles. The molecule has 1 fully saturated rings. The monoisotopic (exact) mass is 315 g/mol. The summed E-state index contributed by atoms with van der Waals surface area (Å²) in [4.78, 5) is 18.5. The molecule has 4 nitrogen and oxygen atoms in total. The van der Waals surface area contributed by atoms with E-state index < -0.39 is 0 Å². The summed E-state index contributed by atoms with van der Waals surface area (Å²) in [5.74, 6) is 0.676. The molecular weight excluding hydrogens is 294 g/mol. The third-order valence-corrected chi connectivity index (χ3v) is 4.89. The van der Waals surface area contributed by atoms with Gasteiger partial charge >= 0.3 is 0 Å². The highest BCUT2D eigenvalue weighted by Gasteiger charge is 2.24. The second-order valence-electron chi connectivity index (χ2n) is 5.66. The highest BCUT2D eigenvalue weighted by atomic mass is 32.1. The number of likely N-dealkylation sites (tertiary alicyclic amines) is 1. The smallest absolute Gasteiger partial charge is 0.234 e. The molecule has 1 aliphatic heterocycles. The van der Waals surface area contributed by atoms with Gasteiger partial charge in [0.1, 0.15) is 0 Å². The fraction of sp³-hybridized carbons (Fsp3) is 0.412. The van der Waals surface area contributed by atoms with Crippen LogP contribution in [-0.4, -0.2) is 42.0 Å². The molecule has 116 valence electrons. The zero-order chi connectivity index (χ0) is 15.2. The highest BCUT2D eigenvalue weighted by molar-refractivity contribution is 7.09. The van der Waals surface area contributed by atoms with Gasteiger partial charge in [-0.1, -0.05) is 30.3 Å². The molecule has 1 N–H and O–H groups in total. The Labute approximate surface area is 135 Å². The van der Waals surface area contributed by atoms with Crippen molar-refractivity contribution in [2.24, 2.45) is 0 Å². The summed E-state index contributed by atoms with van der Waals surface area (Å²) in [5.41, 5.74) is 1.38. The average Bonchev–Trinajstić information content (AvgIpc) is 3.20. The van der Waals surface area contributed by atoms with E-state index in [1.165, 1.54) is 5.56 Å². The molecule has 22 heavy (non-hydrogen) atoms. The van der Waals surface area contributed by atoms with E-state index >= 15 is 0 Å². The maximum atomic E-state index is 12.0. The van der Waals surface area contributed by atoms with Crippen LogP contribution in [0.25, 0.3) is 0 Å². The van der Waals surface area contributed by atoms with Gasteiger partial charge in [-0.05, 0) is 24.4 Å². The number of nitrogens with zero attached hydrogens (tertiary/aromatic N) is 2. The predicted octanol–water partition coefficient (Wildman–Crippen LogP) is 2.29. The summed E-state index contributed by atoms with van der Waals surface area (Å²) < 4.78 is 0. The summed E-state index contributed by atoms with van der Waals surface area (Å²) in [5, 5.41) is 6.03. The maximum Gasteiger partial charge on any atom is 0.234 e. The lowest BCUT2D eigenvalue weighted by Gasteiger charge is -2.15. The van der Waals surface area contributed by atoms with Crippen molar-refractivity contribution in [2.75, 3.05) is 26.2 Å². The molecule has 1 aromatic carbocycles. The fourth-order valence-corrected chi connectivity index (χ4v) is 3.54. The van der Waals surface area contributed by atoms with Gasteiger partial charge in [0, 0.05) is 31.1 Å². The summed E-state index contributed by atoms with van der Waals surface area (Å²) in [7, 11) is 0. The van der Waals surface area contributed by atoms with Gasteiger partial charge in [-0.2, -0.15) is 0 Å². The standard InChI is InChI=1S/C17H21N3OS/c21-16(18-8-6-17-19-9-11-22-17)13-20-10-7-15(12-20)14-4-2-1-3-5-14/h1-5,9,11,15H,6-8,10,12-13H2,(H,18,21).